The lowest BCUT2D eigenvalue weighted by atomic mass is 9.67. The Balaban J connectivity index is 1.04. The topological polar surface area (TPSA) is 51.6 Å². The molecule has 1 aliphatic carbocycles. The maximum Gasteiger partial charge on any atom is 0.164 e. The van der Waals surface area contributed by atoms with Crippen LogP contribution in [0, 0.1) is 13.8 Å². The Kier molecular flexibility index (Phi) is 8.79. The fourth-order valence-electron chi connectivity index (χ4n) is 9.67. The smallest absolute Gasteiger partial charge is 0.164 e. The Labute approximate surface area is 356 Å². The molecule has 0 saturated heterocycles. The molecule has 8 aromatic carbocycles. The largest absolute Gasteiger partial charge is 0.264 e. The molecular formula is C57H40N4. The second-order valence-electron chi connectivity index (χ2n) is 15.8. The van der Waals surface area contributed by atoms with E-state index in [9.17, 15) is 0 Å². The van der Waals surface area contributed by atoms with Crippen LogP contribution in [-0.2, 0) is 5.41 Å². The van der Waals surface area contributed by atoms with Crippen molar-refractivity contribution in [2.24, 2.45) is 0 Å². The van der Waals surface area contributed by atoms with Crippen LogP contribution in [0.5, 0.6) is 0 Å². The van der Waals surface area contributed by atoms with Gasteiger partial charge in [-0.1, -0.05) is 194 Å². The minimum Gasteiger partial charge on any atom is -0.264 e. The number of aromatic nitrogens is 4. The van der Waals surface area contributed by atoms with Gasteiger partial charge < -0.3 is 0 Å². The quantitative estimate of drug-likeness (QED) is 0.162. The molecule has 1 aliphatic rings. The fraction of sp³-hybridized carbons (Fsp3) is 0.0526. The highest BCUT2D eigenvalue weighted by atomic mass is 15.0. The summed E-state index contributed by atoms with van der Waals surface area (Å²) >= 11 is 0. The van der Waals surface area contributed by atoms with Crippen molar-refractivity contribution in [3.63, 3.8) is 0 Å². The number of rotatable bonds is 7. The zero-order valence-electron chi connectivity index (χ0n) is 33.9. The normalized spacial score (nSPS) is 12.6. The first-order valence-corrected chi connectivity index (χ1v) is 20.8. The van der Waals surface area contributed by atoms with Gasteiger partial charge in [0.05, 0.1) is 5.41 Å². The van der Waals surface area contributed by atoms with Crippen LogP contribution in [0.4, 0.5) is 0 Å². The van der Waals surface area contributed by atoms with Gasteiger partial charge in [-0.2, -0.15) is 0 Å². The lowest BCUT2D eigenvalue weighted by molar-refractivity contribution is 0.768. The van der Waals surface area contributed by atoms with Crippen molar-refractivity contribution in [3.8, 4) is 67.3 Å². The Morgan fingerprint density at radius 1 is 0.361 bits per heavy atom. The van der Waals surface area contributed by atoms with Crippen LogP contribution in [0.15, 0.2) is 207 Å². The van der Waals surface area contributed by atoms with Crippen molar-refractivity contribution >= 4 is 10.8 Å². The van der Waals surface area contributed by atoms with Gasteiger partial charge in [0.2, 0.25) is 0 Å². The molecule has 11 rings (SSSR count). The molecule has 0 radical (unpaired) electrons. The molecule has 61 heavy (non-hydrogen) atoms. The van der Waals surface area contributed by atoms with Gasteiger partial charge in [0.15, 0.2) is 11.6 Å². The zero-order valence-corrected chi connectivity index (χ0v) is 33.9. The van der Waals surface area contributed by atoms with Crippen molar-refractivity contribution in [1.82, 2.24) is 19.9 Å². The first-order valence-electron chi connectivity index (χ1n) is 20.8. The zero-order chi connectivity index (χ0) is 40.9. The fourth-order valence-corrected chi connectivity index (χ4v) is 9.67. The maximum absolute atomic E-state index is 5.07. The van der Waals surface area contributed by atoms with E-state index in [2.05, 4.69) is 206 Å². The van der Waals surface area contributed by atoms with E-state index in [1.807, 2.05) is 19.3 Å². The molecule has 0 aliphatic heterocycles. The molecule has 2 aromatic heterocycles. The molecule has 4 nitrogen and oxygen atoms in total. The summed E-state index contributed by atoms with van der Waals surface area (Å²) in [6, 6.07) is 69.9. The molecule has 0 amide bonds. The predicted molar refractivity (Wildman–Crippen MR) is 249 cm³/mol. The molecule has 2 heterocycles. The van der Waals surface area contributed by atoms with Gasteiger partial charge in [-0.25, -0.2) is 15.0 Å². The Morgan fingerprint density at radius 2 is 0.902 bits per heavy atom. The van der Waals surface area contributed by atoms with Crippen LogP contribution < -0.4 is 0 Å². The molecule has 0 fully saturated rings. The first kappa shape index (κ1) is 36.3. The third kappa shape index (κ3) is 5.98. The summed E-state index contributed by atoms with van der Waals surface area (Å²) in [5, 5.41) is 2.28. The van der Waals surface area contributed by atoms with Gasteiger partial charge in [0.25, 0.3) is 0 Å². The Hall–Kier alpha value is -7.82. The van der Waals surface area contributed by atoms with Crippen LogP contribution in [0.2, 0.25) is 0 Å². The molecule has 0 saturated carbocycles. The standard InChI is InChI=1S/C57H40N4/c1-37-35-58-36-51(54(37)41-16-4-3-5-17-41)47-21-9-8-19-45(47)40-27-31-43(32-28-40)57(52-25-12-10-22-48(52)49-23-11-13-26-53(49)57)44-33-29-42(30-34-44)55-59-38(2)60-56(61-55)50-24-14-18-39-15-6-7-20-46(39)50/h3-36H,1-2H3. The van der Waals surface area contributed by atoms with E-state index < -0.39 is 5.41 Å². The van der Waals surface area contributed by atoms with E-state index in [0.717, 1.165) is 44.2 Å². The number of hydrogen-bond donors (Lipinski definition) is 0. The summed E-state index contributed by atoms with van der Waals surface area (Å²) < 4.78 is 0. The van der Waals surface area contributed by atoms with Gasteiger partial charge in [-0.15, -0.1) is 0 Å². The molecule has 0 atom stereocenters. The number of nitrogens with zero attached hydrogens (tertiary/aromatic N) is 4. The van der Waals surface area contributed by atoms with Crippen molar-refractivity contribution in [2.45, 2.75) is 19.3 Å². The number of fused-ring (bicyclic) bond motifs is 4. The van der Waals surface area contributed by atoms with Crippen LogP contribution in [0.25, 0.3) is 78.1 Å². The number of hydrogen-bond acceptors (Lipinski definition) is 4. The van der Waals surface area contributed by atoms with E-state index in [-0.39, 0.29) is 0 Å². The van der Waals surface area contributed by atoms with E-state index in [0.29, 0.717) is 17.5 Å². The summed E-state index contributed by atoms with van der Waals surface area (Å²) in [5.41, 5.74) is 16.9. The summed E-state index contributed by atoms with van der Waals surface area (Å²) in [4.78, 5) is 19.4. The first-order chi connectivity index (χ1) is 30.1. The average molecular weight is 781 g/mol. The molecule has 10 aromatic rings. The van der Waals surface area contributed by atoms with Gasteiger partial charge in [-0.05, 0) is 91.4 Å². The minimum absolute atomic E-state index is 0.562. The predicted octanol–water partition coefficient (Wildman–Crippen LogP) is 13.7. The van der Waals surface area contributed by atoms with Crippen molar-refractivity contribution in [1.29, 1.82) is 0 Å². The van der Waals surface area contributed by atoms with E-state index >= 15 is 0 Å². The second kappa shape index (κ2) is 14.8. The van der Waals surface area contributed by atoms with Crippen LogP contribution in [-0.4, -0.2) is 19.9 Å². The SMILES string of the molecule is Cc1nc(-c2ccc(C3(c4ccc(-c5ccccc5-c5cncc(C)c5-c5ccccc5)cc4)c4ccccc4-c4ccccc43)cc2)nc(-c2cccc3ccccc23)n1. The maximum atomic E-state index is 5.07. The highest BCUT2D eigenvalue weighted by molar-refractivity contribution is 5.96. The summed E-state index contributed by atoms with van der Waals surface area (Å²) in [7, 11) is 0. The average Bonchev–Trinajstić information content (AvgIpc) is 3.62. The van der Waals surface area contributed by atoms with E-state index in [1.54, 1.807) is 0 Å². The molecular weight excluding hydrogens is 741 g/mol. The highest BCUT2D eigenvalue weighted by Gasteiger charge is 2.45. The van der Waals surface area contributed by atoms with Crippen molar-refractivity contribution < 1.29 is 0 Å². The summed E-state index contributed by atoms with van der Waals surface area (Å²) in [5.74, 6) is 2.02. The van der Waals surface area contributed by atoms with E-state index in [4.69, 9.17) is 15.0 Å². The molecule has 0 spiro atoms. The van der Waals surface area contributed by atoms with Crippen LogP contribution >= 0.6 is 0 Å². The number of aryl methyl sites for hydroxylation is 2. The second-order valence-corrected chi connectivity index (χ2v) is 15.8. The van der Waals surface area contributed by atoms with Crippen LogP contribution in [0.1, 0.15) is 33.6 Å². The molecule has 4 heteroatoms. The highest BCUT2D eigenvalue weighted by Crippen LogP contribution is 2.56. The molecule has 0 bridgehead atoms. The Bertz CT molecular complexity index is 3210. The lowest BCUT2D eigenvalue weighted by Gasteiger charge is -2.34. The monoisotopic (exact) mass is 780 g/mol. The minimum atomic E-state index is -0.562. The van der Waals surface area contributed by atoms with Crippen molar-refractivity contribution in [3.05, 3.63) is 240 Å². The third-order valence-corrected chi connectivity index (χ3v) is 12.4. The van der Waals surface area contributed by atoms with Crippen molar-refractivity contribution in [2.75, 3.05) is 0 Å². The van der Waals surface area contributed by atoms with Gasteiger partial charge in [0, 0.05) is 29.1 Å². The van der Waals surface area contributed by atoms with Gasteiger partial charge in [-0.3, -0.25) is 4.98 Å². The van der Waals surface area contributed by atoms with E-state index in [1.165, 1.54) is 50.1 Å². The van der Waals surface area contributed by atoms with Gasteiger partial charge in [0.1, 0.15) is 5.82 Å². The summed E-state index contributed by atoms with van der Waals surface area (Å²) in [6.07, 6.45) is 3.97. The lowest BCUT2D eigenvalue weighted by Crippen LogP contribution is -2.28. The third-order valence-electron chi connectivity index (χ3n) is 12.4. The Morgan fingerprint density at radius 3 is 1.61 bits per heavy atom. The molecule has 0 N–H and O–H groups in total. The summed E-state index contributed by atoms with van der Waals surface area (Å²) in [6.45, 7) is 4.09. The van der Waals surface area contributed by atoms with Crippen LogP contribution in [0.3, 0.4) is 0 Å². The number of benzene rings is 8. The molecule has 288 valence electrons. The number of pyridine rings is 1. The van der Waals surface area contributed by atoms with Gasteiger partial charge >= 0.3 is 0 Å². The molecule has 0 unspecified atom stereocenters.